The predicted molar refractivity (Wildman–Crippen MR) is 181 cm³/mol. The lowest BCUT2D eigenvalue weighted by Crippen LogP contribution is -2.25. The number of hydrogen-bond acceptors (Lipinski definition) is 7. The Kier molecular flexibility index (Phi) is 8.15. The second kappa shape index (κ2) is 12.6. The van der Waals surface area contributed by atoms with E-state index in [4.69, 9.17) is 4.74 Å². The zero-order valence-corrected chi connectivity index (χ0v) is 26.7. The van der Waals surface area contributed by atoms with Crippen LogP contribution in [-0.2, 0) is 4.79 Å². The van der Waals surface area contributed by atoms with Gasteiger partial charge in [0.25, 0.3) is 0 Å². The normalized spacial score (nSPS) is 13.9. The number of aromatic nitrogens is 6. The molecule has 3 N–H and O–H groups in total. The average molecular weight is 633 g/mol. The van der Waals surface area contributed by atoms with E-state index in [1.54, 1.807) is 31.0 Å². The Morgan fingerprint density at radius 1 is 0.936 bits per heavy atom. The number of hydrogen-bond donors (Lipinski definition) is 3. The number of pyridine rings is 3. The molecule has 1 aromatic carbocycles. The summed E-state index contributed by atoms with van der Waals surface area (Å²) in [6.45, 7) is 9.59. The van der Waals surface area contributed by atoms with Gasteiger partial charge >= 0.3 is 0 Å². The molecule has 6 aromatic rings. The van der Waals surface area contributed by atoms with Crippen LogP contribution in [0.4, 0.5) is 10.1 Å². The first-order valence-electron chi connectivity index (χ1n) is 15.9. The third kappa shape index (κ3) is 6.85. The number of aromatic amines is 2. The van der Waals surface area contributed by atoms with Crippen molar-refractivity contribution < 1.29 is 13.9 Å². The highest BCUT2D eigenvalue weighted by molar-refractivity contribution is 6.01. The fourth-order valence-electron chi connectivity index (χ4n) is 6.12. The molecule has 1 saturated heterocycles. The maximum absolute atomic E-state index is 14.8. The minimum Gasteiger partial charge on any atom is -0.492 e. The zero-order chi connectivity index (χ0) is 32.5. The molecule has 0 atom stereocenters. The predicted octanol–water partition coefficient (Wildman–Crippen LogP) is 7.22. The Bertz CT molecular complexity index is 2070. The highest BCUT2D eigenvalue weighted by atomic mass is 19.1. The quantitative estimate of drug-likeness (QED) is 0.154. The van der Waals surface area contributed by atoms with E-state index in [-0.39, 0.29) is 17.1 Å². The van der Waals surface area contributed by atoms with E-state index in [9.17, 15) is 9.18 Å². The molecule has 0 spiro atoms. The first-order valence-corrected chi connectivity index (χ1v) is 15.9. The molecule has 47 heavy (non-hydrogen) atoms. The van der Waals surface area contributed by atoms with Crippen LogP contribution in [-0.4, -0.2) is 67.2 Å². The number of carbonyl (C=O) groups excluding carboxylic acids is 1. The molecule has 1 amide bonds. The van der Waals surface area contributed by atoms with Crippen LogP contribution in [0, 0.1) is 11.2 Å². The lowest BCUT2D eigenvalue weighted by Gasteiger charge is -2.17. The van der Waals surface area contributed by atoms with Gasteiger partial charge in [0, 0.05) is 53.3 Å². The molecule has 1 aliphatic rings. The maximum Gasteiger partial charge on any atom is 0.224 e. The number of likely N-dealkylation sites (tertiary alicyclic amines) is 1. The molecule has 0 radical (unpaired) electrons. The van der Waals surface area contributed by atoms with Crippen molar-refractivity contribution in [2.45, 2.75) is 40.0 Å². The summed E-state index contributed by atoms with van der Waals surface area (Å²) in [6.07, 6.45) is 11.4. The highest BCUT2D eigenvalue weighted by Gasteiger charge is 2.18. The molecule has 0 saturated carbocycles. The molecule has 7 rings (SSSR count). The van der Waals surface area contributed by atoms with Gasteiger partial charge in [-0.05, 0) is 67.2 Å². The topological polar surface area (TPSA) is 125 Å². The van der Waals surface area contributed by atoms with E-state index in [0.717, 1.165) is 58.3 Å². The van der Waals surface area contributed by atoms with E-state index in [1.165, 1.54) is 25.0 Å². The number of ether oxygens (including phenoxy) is 1. The lowest BCUT2D eigenvalue weighted by atomic mass is 9.92. The van der Waals surface area contributed by atoms with Crippen LogP contribution < -0.4 is 10.1 Å². The van der Waals surface area contributed by atoms with Crippen molar-refractivity contribution in [3.63, 3.8) is 0 Å². The van der Waals surface area contributed by atoms with Gasteiger partial charge in [-0.3, -0.25) is 29.7 Å². The third-order valence-corrected chi connectivity index (χ3v) is 8.31. The van der Waals surface area contributed by atoms with Crippen LogP contribution in [0.25, 0.3) is 55.6 Å². The number of anilines is 1. The van der Waals surface area contributed by atoms with Crippen molar-refractivity contribution in [3.8, 4) is 39.5 Å². The number of nitrogens with zero attached hydrogens (tertiary/aromatic N) is 5. The maximum atomic E-state index is 14.8. The molecule has 0 bridgehead atoms. The number of rotatable bonds is 9. The summed E-state index contributed by atoms with van der Waals surface area (Å²) in [5.41, 5.74) is 6.46. The average Bonchev–Trinajstić information content (AvgIpc) is 3.79. The highest BCUT2D eigenvalue weighted by Crippen LogP contribution is 2.36. The number of carbonyl (C=O) groups is 1. The summed E-state index contributed by atoms with van der Waals surface area (Å²) >= 11 is 0. The monoisotopic (exact) mass is 632 g/mol. The van der Waals surface area contributed by atoms with Gasteiger partial charge in [-0.25, -0.2) is 4.39 Å². The number of fused-ring (bicyclic) bond motifs is 2. The summed E-state index contributed by atoms with van der Waals surface area (Å²) < 4.78 is 20.8. The van der Waals surface area contributed by atoms with Gasteiger partial charge in [0.05, 0.1) is 46.7 Å². The largest absolute Gasteiger partial charge is 0.492 e. The molecule has 11 heteroatoms. The van der Waals surface area contributed by atoms with Crippen LogP contribution in [0.15, 0.2) is 67.4 Å². The van der Waals surface area contributed by atoms with Crippen molar-refractivity contribution in [3.05, 3.63) is 73.2 Å². The van der Waals surface area contributed by atoms with Crippen LogP contribution >= 0.6 is 0 Å². The van der Waals surface area contributed by atoms with Gasteiger partial charge in [-0.2, -0.15) is 5.10 Å². The number of H-pyrrole nitrogens is 2. The minimum atomic E-state index is -0.364. The Morgan fingerprint density at radius 3 is 2.60 bits per heavy atom. The Morgan fingerprint density at radius 2 is 1.77 bits per heavy atom. The van der Waals surface area contributed by atoms with E-state index >= 15 is 0 Å². The molecule has 0 aliphatic carbocycles. The lowest BCUT2D eigenvalue weighted by molar-refractivity contribution is -0.117. The van der Waals surface area contributed by atoms with Crippen molar-refractivity contribution in [2.24, 2.45) is 5.41 Å². The molecule has 5 aromatic heterocycles. The molecule has 240 valence electrons. The minimum absolute atomic E-state index is 0.0656. The van der Waals surface area contributed by atoms with Gasteiger partial charge in [-0.15, -0.1) is 0 Å². The molecule has 10 nitrogen and oxygen atoms in total. The van der Waals surface area contributed by atoms with E-state index < -0.39 is 0 Å². The van der Waals surface area contributed by atoms with E-state index in [1.807, 2.05) is 45.0 Å². The molecular formula is C36H37FN8O2. The number of nitrogens with one attached hydrogen (secondary N) is 3. The summed E-state index contributed by atoms with van der Waals surface area (Å²) in [4.78, 5) is 31.8. The summed E-state index contributed by atoms with van der Waals surface area (Å²) in [7, 11) is 0. The second-order valence-corrected chi connectivity index (χ2v) is 13.3. The second-order valence-electron chi connectivity index (χ2n) is 13.3. The Hall–Kier alpha value is -5.16. The Labute approximate surface area is 271 Å². The number of halogens is 1. The summed E-state index contributed by atoms with van der Waals surface area (Å²) in [5.74, 6) is 0.0684. The number of benzene rings is 1. The Balaban J connectivity index is 1.17. The van der Waals surface area contributed by atoms with Crippen molar-refractivity contribution in [2.75, 3.05) is 31.6 Å². The molecule has 6 heterocycles. The third-order valence-electron chi connectivity index (χ3n) is 8.31. The van der Waals surface area contributed by atoms with E-state index in [0.29, 0.717) is 41.4 Å². The SMILES string of the molecule is CC(C)(C)CC(=O)Nc1cncc(-c2cc3c(-c4cc5c(-c6cc(F)cc(OCCN7CCCC7)c6)cncc5[nH]4)n[nH]c3cn2)c1. The van der Waals surface area contributed by atoms with Gasteiger partial charge in [0.2, 0.25) is 5.91 Å². The van der Waals surface area contributed by atoms with Crippen LogP contribution in [0.1, 0.15) is 40.0 Å². The van der Waals surface area contributed by atoms with Crippen molar-refractivity contribution >= 4 is 33.4 Å². The first-order chi connectivity index (χ1) is 22.7. The van der Waals surface area contributed by atoms with E-state index in [2.05, 4.69) is 40.3 Å². The fraction of sp³-hybridized carbons (Fsp3) is 0.306. The molecule has 1 aliphatic heterocycles. The standard InChI is InChI=1S/C36H37FN8O2/c1-36(2,3)16-34(46)41-25-11-23(17-38-18-25)30-15-28-33(21-40-30)43-44-35(28)31-14-27-29(19-39-20-32(27)42-31)22-10-24(37)13-26(12-22)47-9-8-45-6-4-5-7-45/h10-15,17-21,42H,4-9,16H2,1-3H3,(H,41,46)(H,43,44). The first kappa shape index (κ1) is 30.5. The molecule has 1 fully saturated rings. The van der Waals surface area contributed by atoms with Crippen LogP contribution in [0.3, 0.4) is 0 Å². The fourth-order valence-corrected chi connectivity index (χ4v) is 6.12. The summed E-state index contributed by atoms with van der Waals surface area (Å²) in [5, 5.41) is 12.4. The van der Waals surface area contributed by atoms with Crippen molar-refractivity contribution in [1.82, 2.24) is 35.0 Å². The van der Waals surface area contributed by atoms with Gasteiger partial charge < -0.3 is 15.0 Å². The zero-order valence-electron chi connectivity index (χ0n) is 26.7. The van der Waals surface area contributed by atoms with Crippen LogP contribution in [0.5, 0.6) is 5.75 Å². The van der Waals surface area contributed by atoms with Gasteiger partial charge in [-0.1, -0.05) is 20.8 Å². The molecular weight excluding hydrogens is 595 g/mol. The molecule has 0 unspecified atom stereocenters. The van der Waals surface area contributed by atoms with Crippen LogP contribution in [0.2, 0.25) is 0 Å². The smallest absolute Gasteiger partial charge is 0.224 e. The van der Waals surface area contributed by atoms with Gasteiger partial charge in [0.1, 0.15) is 23.9 Å². The number of amides is 1. The van der Waals surface area contributed by atoms with Gasteiger partial charge in [0.15, 0.2) is 0 Å². The summed E-state index contributed by atoms with van der Waals surface area (Å²) in [6, 6.07) is 10.6. The van der Waals surface area contributed by atoms with Crippen molar-refractivity contribution in [1.29, 1.82) is 0 Å².